The average molecular weight is 237 g/mol. The van der Waals surface area contributed by atoms with Crippen molar-refractivity contribution in [2.24, 2.45) is 5.92 Å². The van der Waals surface area contributed by atoms with E-state index in [1.54, 1.807) is 18.2 Å². The lowest BCUT2D eigenvalue weighted by atomic mass is 9.80. The molecule has 3 heteroatoms. The molecule has 1 rings (SSSR count). The number of aliphatic hydroxyl groups is 1. The molecule has 0 aliphatic rings. The number of benzene rings is 1. The number of hydrogen-bond acceptors (Lipinski definition) is 3. The fraction of sp³-hybridized carbons (Fsp3) is 0.571. The maximum Gasteiger partial charge on any atom is 0.115 e. The van der Waals surface area contributed by atoms with Crippen molar-refractivity contribution in [2.45, 2.75) is 25.9 Å². The number of phenolic OH excluding ortho intramolecular Hbond substituents is 1. The van der Waals surface area contributed by atoms with Gasteiger partial charge in [0.15, 0.2) is 0 Å². The van der Waals surface area contributed by atoms with E-state index in [9.17, 15) is 10.2 Å². The first-order chi connectivity index (χ1) is 7.90. The lowest BCUT2D eigenvalue weighted by Gasteiger charge is -2.35. The summed E-state index contributed by atoms with van der Waals surface area (Å²) in [5, 5.41) is 20.3. The highest BCUT2D eigenvalue weighted by Gasteiger charge is 2.34. The average Bonchev–Trinajstić information content (AvgIpc) is 2.27. The maximum atomic E-state index is 10.8. The third kappa shape index (κ3) is 3.20. The van der Waals surface area contributed by atoms with Crippen LogP contribution >= 0.6 is 0 Å². The Hall–Kier alpha value is -1.06. The molecule has 0 radical (unpaired) electrons. The van der Waals surface area contributed by atoms with Gasteiger partial charge in [0.05, 0.1) is 5.60 Å². The van der Waals surface area contributed by atoms with Crippen molar-refractivity contribution in [3.63, 3.8) is 0 Å². The lowest BCUT2D eigenvalue weighted by molar-refractivity contribution is -0.0293. The summed E-state index contributed by atoms with van der Waals surface area (Å²) in [6.07, 6.45) is 0.630. The van der Waals surface area contributed by atoms with Crippen LogP contribution in [0.5, 0.6) is 5.75 Å². The summed E-state index contributed by atoms with van der Waals surface area (Å²) >= 11 is 0. The predicted octanol–water partition coefficient (Wildman–Crippen LogP) is 2.19. The fourth-order valence-electron chi connectivity index (χ4n) is 2.31. The van der Waals surface area contributed by atoms with E-state index in [2.05, 4.69) is 4.90 Å². The van der Waals surface area contributed by atoms with Gasteiger partial charge < -0.3 is 15.1 Å². The van der Waals surface area contributed by atoms with E-state index in [1.165, 1.54) is 0 Å². The van der Waals surface area contributed by atoms with Gasteiger partial charge in [-0.3, -0.25) is 0 Å². The van der Waals surface area contributed by atoms with Gasteiger partial charge in [-0.2, -0.15) is 0 Å². The van der Waals surface area contributed by atoms with Crippen LogP contribution in [0.1, 0.15) is 25.8 Å². The van der Waals surface area contributed by atoms with Crippen LogP contribution in [0.2, 0.25) is 0 Å². The second-order valence-electron chi connectivity index (χ2n) is 4.99. The molecule has 2 N–H and O–H groups in total. The van der Waals surface area contributed by atoms with Gasteiger partial charge in [-0.1, -0.05) is 26.0 Å². The normalized spacial score (nSPS) is 16.8. The first-order valence-electron chi connectivity index (χ1n) is 6.06. The van der Waals surface area contributed by atoms with Gasteiger partial charge in [0.2, 0.25) is 0 Å². The summed E-state index contributed by atoms with van der Waals surface area (Å²) in [4.78, 5) is 2.06. The van der Waals surface area contributed by atoms with E-state index in [4.69, 9.17) is 0 Å². The Kier molecular flexibility index (Phi) is 4.54. The molecule has 0 aliphatic heterocycles. The monoisotopic (exact) mass is 237 g/mol. The van der Waals surface area contributed by atoms with Crippen molar-refractivity contribution < 1.29 is 10.2 Å². The molecule has 0 aliphatic carbocycles. The molecule has 0 amide bonds. The zero-order valence-corrected chi connectivity index (χ0v) is 11.1. The molecule has 0 heterocycles. The number of aromatic hydroxyl groups is 1. The molecule has 0 aromatic heterocycles. The van der Waals surface area contributed by atoms with Gasteiger partial charge in [0.25, 0.3) is 0 Å². The van der Waals surface area contributed by atoms with Crippen LogP contribution in [0, 0.1) is 5.92 Å². The first-order valence-corrected chi connectivity index (χ1v) is 6.06. The Morgan fingerprint density at radius 2 is 2.00 bits per heavy atom. The zero-order valence-electron chi connectivity index (χ0n) is 11.1. The van der Waals surface area contributed by atoms with E-state index >= 15 is 0 Å². The number of rotatable bonds is 5. The van der Waals surface area contributed by atoms with Gasteiger partial charge in [-0.25, -0.2) is 0 Å². The molecule has 0 saturated carbocycles. The molecule has 1 aromatic carbocycles. The summed E-state index contributed by atoms with van der Waals surface area (Å²) in [5.41, 5.74) is -0.0995. The molecule has 96 valence electrons. The van der Waals surface area contributed by atoms with Crippen molar-refractivity contribution in [1.29, 1.82) is 0 Å². The quantitative estimate of drug-likeness (QED) is 0.825. The molecule has 17 heavy (non-hydrogen) atoms. The summed E-state index contributed by atoms with van der Waals surface area (Å²) in [7, 11) is 3.99. The van der Waals surface area contributed by atoms with Crippen molar-refractivity contribution in [1.82, 2.24) is 4.90 Å². The van der Waals surface area contributed by atoms with Crippen LogP contribution in [0.15, 0.2) is 24.3 Å². The SMILES string of the molecule is CCC(O)(c1cccc(O)c1)[C@@H](C)CN(C)C. The second-order valence-corrected chi connectivity index (χ2v) is 4.99. The van der Waals surface area contributed by atoms with Gasteiger partial charge in [0.1, 0.15) is 5.75 Å². The minimum absolute atomic E-state index is 0.101. The maximum absolute atomic E-state index is 10.8. The molecule has 0 fully saturated rings. The number of nitrogens with zero attached hydrogens (tertiary/aromatic N) is 1. The highest BCUT2D eigenvalue weighted by atomic mass is 16.3. The van der Waals surface area contributed by atoms with Crippen LogP contribution in [-0.4, -0.2) is 35.8 Å². The molecule has 0 bridgehead atoms. The molecule has 2 atom stereocenters. The van der Waals surface area contributed by atoms with Crippen LogP contribution in [0.3, 0.4) is 0 Å². The van der Waals surface area contributed by atoms with Crippen molar-refractivity contribution >= 4 is 0 Å². The van der Waals surface area contributed by atoms with E-state index in [1.807, 2.05) is 34.0 Å². The third-order valence-corrected chi connectivity index (χ3v) is 3.34. The molecule has 3 nitrogen and oxygen atoms in total. The van der Waals surface area contributed by atoms with Gasteiger partial charge >= 0.3 is 0 Å². The standard InChI is InChI=1S/C14H23NO2/c1-5-14(17,11(2)10-15(3)4)12-7-6-8-13(16)9-12/h6-9,11,16-17H,5,10H2,1-4H3/t11-,14?/m0/s1. The third-order valence-electron chi connectivity index (χ3n) is 3.34. The Balaban J connectivity index is 3.02. The van der Waals surface area contributed by atoms with Crippen LogP contribution in [0.4, 0.5) is 0 Å². The Morgan fingerprint density at radius 3 is 2.47 bits per heavy atom. The van der Waals surface area contributed by atoms with Gasteiger partial charge in [-0.05, 0) is 38.2 Å². The van der Waals surface area contributed by atoms with Gasteiger partial charge in [-0.15, -0.1) is 0 Å². The molecule has 1 aromatic rings. The van der Waals surface area contributed by atoms with E-state index in [-0.39, 0.29) is 11.7 Å². The van der Waals surface area contributed by atoms with Crippen LogP contribution in [0.25, 0.3) is 0 Å². The first kappa shape index (κ1) is 14.0. The van der Waals surface area contributed by atoms with E-state index in [0.29, 0.717) is 6.42 Å². The summed E-state index contributed by atoms with van der Waals surface area (Å²) in [5.74, 6) is 0.302. The summed E-state index contributed by atoms with van der Waals surface area (Å²) in [6.45, 7) is 4.81. The Bertz CT molecular complexity index is 365. The zero-order chi connectivity index (χ0) is 13.1. The lowest BCUT2D eigenvalue weighted by Crippen LogP contribution is -2.38. The molecule has 1 unspecified atom stereocenters. The minimum atomic E-state index is -0.886. The molecular formula is C14H23NO2. The Labute approximate surface area is 104 Å². The number of hydrogen-bond donors (Lipinski definition) is 2. The highest BCUT2D eigenvalue weighted by Crippen LogP contribution is 2.34. The second kappa shape index (κ2) is 5.52. The van der Waals surface area contributed by atoms with Gasteiger partial charge in [0, 0.05) is 12.5 Å². The molecule has 0 saturated heterocycles. The van der Waals surface area contributed by atoms with E-state index < -0.39 is 5.60 Å². The van der Waals surface area contributed by atoms with E-state index in [0.717, 1.165) is 12.1 Å². The Morgan fingerprint density at radius 1 is 1.35 bits per heavy atom. The molecular weight excluding hydrogens is 214 g/mol. The van der Waals surface area contributed by atoms with Crippen molar-refractivity contribution in [3.05, 3.63) is 29.8 Å². The summed E-state index contributed by atoms with van der Waals surface area (Å²) in [6, 6.07) is 6.91. The van der Waals surface area contributed by atoms with Crippen molar-refractivity contribution in [2.75, 3.05) is 20.6 Å². The minimum Gasteiger partial charge on any atom is -0.508 e. The van der Waals surface area contributed by atoms with Crippen LogP contribution < -0.4 is 0 Å². The predicted molar refractivity (Wildman–Crippen MR) is 70.0 cm³/mol. The largest absolute Gasteiger partial charge is 0.508 e. The fourth-order valence-corrected chi connectivity index (χ4v) is 2.31. The summed E-state index contributed by atoms with van der Waals surface area (Å²) < 4.78 is 0. The van der Waals surface area contributed by atoms with Crippen LogP contribution in [-0.2, 0) is 5.60 Å². The van der Waals surface area contributed by atoms with Crippen molar-refractivity contribution in [3.8, 4) is 5.75 Å². The number of phenols is 1. The topological polar surface area (TPSA) is 43.7 Å². The highest BCUT2D eigenvalue weighted by molar-refractivity contribution is 5.31. The molecule has 0 spiro atoms. The smallest absolute Gasteiger partial charge is 0.115 e.